The van der Waals surface area contributed by atoms with Gasteiger partial charge in [-0.2, -0.15) is 0 Å². The van der Waals surface area contributed by atoms with Crippen LogP contribution in [0.5, 0.6) is 5.75 Å². The molecule has 0 unspecified atom stereocenters. The minimum Gasteiger partial charge on any atom is -0.506 e. The first-order valence-electron chi connectivity index (χ1n) is 9.26. The van der Waals surface area contributed by atoms with Gasteiger partial charge < -0.3 is 10.4 Å². The number of phenolic OH excluding ortho intramolecular Hbond substituents is 1. The van der Waals surface area contributed by atoms with Gasteiger partial charge in [0.15, 0.2) is 0 Å². The number of aryl methyl sites for hydroxylation is 1. The van der Waals surface area contributed by atoms with E-state index in [4.69, 9.17) is 0 Å². The van der Waals surface area contributed by atoms with Crippen LogP contribution in [0, 0.1) is 7.14 Å². The summed E-state index contributed by atoms with van der Waals surface area (Å²) in [6.07, 6.45) is 5.80. The Balaban J connectivity index is 1.72. The highest BCUT2D eigenvalue weighted by Gasteiger charge is 2.25. The molecule has 4 rings (SSSR count). The Hall–Kier alpha value is -1.46. The maximum Gasteiger partial charge on any atom is 0.259 e. The summed E-state index contributed by atoms with van der Waals surface area (Å²) in [5.74, 6) is 0.0931. The number of hydrogen-bond acceptors (Lipinski definition) is 4. The van der Waals surface area contributed by atoms with Gasteiger partial charge in [-0.25, -0.2) is 4.99 Å². The number of nitrogens with zero attached hydrogens (tertiary/aromatic N) is 1. The van der Waals surface area contributed by atoms with Gasteiger partial charge in [0.1, 0.15) is 10.8 Å². The highest BCUT2D eigenvalue weighted by Crippen LogP contribution is 2.40. The second-order valence-electron chi connectivity index (χ2n) is 6.79. The van der Waals surface area contributed by atoms with Crippen molar-refractivity contribution >= 4 is 79.3 Å². The summed E-state index contributed by atoms with van der Waals surface area (Å²) in [5.41, 5.74) is 3.22. The fourth-order valence-electron chi connectivity index (χ4n) is 3.40. The number of fused-ring (bicyclic) bond motifs is 1. The number of halogens is 2. The van der Waals surface area contributed by atoms with E-state index >= 15 is 0 Å². The Bertz CT molecular complexity index is 1090. The highest BCUT2D eigenvalue weighted by molar-refractivity contribution is 14.1. The molecule has 1 aliphatic carbocycles. The average molecular weight is 628 g/mol. The summed E-state index contributed by atoms with van der Waals surface area (Å²) in [4.78, 5) is 19.0. The molecule has 2 aromatic carbocycles. The summed E-state index contributed by atoms with van der Waals surface area (Å²) in [5, 5.41) is 14.1. The predicted octanol–water partition coefficient (Wildman–Crippen LogP) is 6.54. The van der Waals surface area contributed by atoms with E-state index in [1.54, 1.807) is 17.6 Å². The van der Waals surface area contributed by atoms with Crippen molar-refractivity contribution < 1.29 is 9.90 Å². The Labute approximate surface area is 200 Å². The van der Waals surface area contributed by atoms with Crippen LogP contribution >= 0.6 is 56.5 Å². The smallest absolute Gasteiger partial charge is 0.259 e. The van der Waals surface area contributed by atoms with Gasteiger partial charge in [0, 0.05) is 25.9 Å². The summed E-state index contributed by atoms with van der Waals surface area (Å²) in [6.45, 7) is 0. The molecule has 0 saturated carbocycles. The van der Waals surface area contributed by atoms with Crippen LogP contribution in [-0.4, -0.2) is 17.2 Å². The van der Waals surface area contributed by atoms with E-state index in [1.165, 1.54) is 4.88 Å². The molecule has 148 valence electrons. The normalized spacial score (nSPS) is 13.4. The molecule has 7 heteroatoms. The molecule has 0 radical (unpaired) electrons. The Kier molecular flexibility index (Phi) is 6.55. The standard InChI is InChI=1S/C22H18I2N2O2S/c23-14-10-13(20(27)17(24)11-14)12-25-22-19(16-8-4-5-9-18(16)29-22)21(28)26-15-6-2-1-3-7-15/h1-3,6-7,10-12,27H,4-5,8-9H2,(H,26,28). The average Bonchev–Trinajstić information content (AvgIpc) is 3.09. The van der Waals surface area contributed by atoms with Crippen LogP contribution in [-0.2, 0) is 12.8 Å². The number of anilines is 1. The van der Waals surface area contributed by atoms with E-state index in [0.29, 0.717) is 16.1 Å². The van der Waals surface area contributed by atoms with Gasteiger partial charge in [0.25, 0.3) is 5.91 Å². The van der Waals surface area contributed by atoms with Crippen LogP contribution in [0.3, 0.4) is 0 Å². The minimum atomic E-state index is -0.121. The molecule has 0 bridgehead atoms. The van der Waals surface area contributed by atoms with Gasteiger partial charge in [-0.15, -0.1) is 11.3 Å². The fourth-order valence-corrected chi connectivity index (χ4v) is 6.52. The minimum absolute atomic E-state index is 0.121. The number of aliphatic imine (C=N–C) groups is 1. The maximum atomic E-state index is 13.1. The van der Waals surface area contributed by atoms with Gasteiger partial charge in [0.05, 0.1) is 9.13 Å². The van der Waals surface area contributed by atoms with Crippen molar-refractivity contribution in [1.82, 2.24) is 0 Å². The molecular formula is C22H18I2N2O2S. The lowest BCUT2D eigenvalue weighted by molar-refractivity contribution is 0.102. The topological polar surface area (TPSA) is 61.7 Å². The zero-order valence-corrected chi connectivity index (χ0v) is 20.5. The molecule has 0 atom stereocenters. The number of hydrogen-bond donors (Lipinski definition) is 2. The Morgan fingerprint density at radius 3 is 2.69 bits per heavy atom. The number of thiophene rings is 1. The van der Waals surface area contributed by atoms with Gasteiger partial charge in [-0.05, 0) is 101 Å². The maximum absolute atomic E-state index is 13.1. The van der Waals surface area contributed by atoms with Crippen LogP contribution in [0.25, 0.3) is 0 Å². The molecular weight excluding hydrogens is 610 g/mol. The van der Waals surface area contributed by atoms with E-state index in [-0.39, 0.29) is 11.7 Å². The van der Waals surface area contributed by atoms with Crippen molar-refractivity contribution in [2.45, 2.75) is 25.7 Å². The van der Waals surface area contributed by atoms with Crippen LogP contribution in [0.2, 0.25) is 0 Å². The van der Waals surface area contributed by atoms with Crippen LogP contribution < -0.4 is 5.32 Å². The number of amides is 1. The molecule has 4 nitrogen and oxygen atoms in total. The lowest BCUT2D eigenvalue weighted by Crippen LogP contribution is -2.14. The van der Waals surface area contributed by atoms with Crippen LogP contribution in [0.1, 0.15) is 39.2 Å². The molecule has 3 aromatic rings. The molecule has 0 aliphatic heterocycles. The van der Waals surface area contributed by atoms with Gasteiger partial charge >= 0.3 is 0 Å². The molecule has 1 aromatic heterocycles. The van der Waals surface area contributed by atoms with Crippen molar-refractivity contribution in [2.24, 2.45) is 4.99 Å². The molecule has 1 amide bonds. The van der Waals surface area contributed by atoms with E-state index in [2.05, 4.69) is 55.5 Å². The second kappa shape index (κ2) is 9.13. The van der Waals surface area contributed by atoms with Crippen molar-refractivity contribution in [3.8, 4) is 5.75 Å². The molecule has 0 saturated heterocycles. The first-order chi connectivity index (χ1) is 14.0. The number of para-hydroxylation sites is 1. The summed E-state index contributed by atoms with van der Waals surface area (Å²) >= 11 is 5.92. The van der Waals surface area contributed by atoms with E-state index in [9.17, 15) is 9.90 Å². The van der Waals surface area contributed by atoms with Crippen LogP contribution in [0.15, 0.2) is 47.5 Å². The number of carbonyl (C=O) groups is 1. The molecule has 29 heavy (non-hydrogen) atoms. The number of phenols is 1. The molecule has 1 heterocycles. The lowest BCUT2D eigenvalue weighted by Gasteiger charge is -2.12. The number of rotatable bonds is 4. The summed E-state index contributed by atoms with van der Waals surface area (Å²) < 4.78 is 1.81. The number of benzene rings is 2. The van der Waals surface area contributed by atoms with E-state index in [1.807, 2.05) is 42.5 Å². The zero-order chi connectivity index (χ0) is 20.4. The number of carbonyl (C=O) groups excluding carboxylic acids is 1. The third kappa shape index (κ3) is 4.66. The van der Waals surface area contributed by atoms with Crippen molar-refractivity contribution in [3.63, 3.8) is 0 Å². The second-order valence-corrected chi connectivity index (χ2v) is 10.3. The Morgan fingerprint density at radius 1 is 1.14 bits per heavy atom. The lowest BCUT2D eigenvalue weighted by atomic mass is 9.95. The molecule has 0 spiro atoms. The first kappa shape index (κ1) is 20.8. The number of nitrogens with one attached hydrogen (secondary N) is 1. The predicted molar refractivity (Wildman–Crippen MR) is 136 cm³/mol. The monoisotopic (exact) mass is 628 g/mol. The van der Waals surface area contributed by atoms with Gasteiger partial charge in [0.2, 0.25) is 0 Å². The first-order valence-corrected chi connectivity index (χ1v) is 12.2. The fraction of sp³-hybridized carbons (Fsp3) is 0.182. The van der Waals surface area contributed by atoms with E-state index in [0.717, 1.165) is 44.1 Å². The van der Waals surface area contributed by atoms with Crippen LogP contribution in [0.4, 0.5) is 10.7 Å². The highest BCUT2D eigenvalue weighted by atomic mass is 127. The molecule has 0 fully saturated rings. The quantitative estimate of drug-likeness (QED) is 0.255. The molecule has 2 N–H and O–H groups in total. The van der Waals surface area contributed by atoms with Crippen molar-refractivity contribution in [2.75, 3.05) is 5.32 Å². The van der Waals surface area contributed by atoms with Gasteiger partial charge in [-0.1, -0.05) is 18.2 Å². The third-order valence-electron chi connectivity index (χ3n) is 4.79. The zero-order valence-electron chi connectivity index (χ0n) is 15.4. The van der Waals surface area contributed by atoms with Gasteiger partial charge in [-0.3, -0.25) is 4.79 Å². The SMILES string of the molecule is O=C(Nc1ccccc1)c1c(N=Cc2cc(I)cc(I)c2O)sc2c1CCCC2. The van der Waals surface area contributed by atoms with E-state index < -0.39 is 0 Å². The largest absolute Gasteiger partial charge is 0.506 e. The third-order valence-corrected chi connectivity index (χ3v) is 7.43. The number of aromatic hydroxyl groups is 1. The molecule has 1 aliphatic rings. The van der Waals surface area contributed by atoms with Crippen molar-refractivity contribution in [1.29, 1.82) is 0 Å². The van der Waals surface area contributed by atoms with Crippen molar-refractivity contribution in [3.05, 3.63) is 71.2 Å². The summed E-state index contributed by atoms with van der Waals surface area (Å²) in [7, 11) is 0. The summed E-state index contributed by atoms with van der Waals surface area (Å²) in [6, 6.07) is 13.3. The Morgan fingerprint density at radius 2 is 1.90 bits per heavy atom.